The summed E-state index contributed by atoms with van der Waals surface area (Å²) in [4.78, 5) is 14.2. The SMILES string of the molecule is Cc1ccc(NC(=O)CN(C)C2CCNCC2)cc1Cl. The smallest absolute Gasteiger partial charge is 0.238 e. The quantitative estimate of drug-likeness (QED) is 0.896. The number of carbonyl (C=O) groups excluding carboxylic acids is 1. The summed E-state index contributed by atoms with van der Waals surface area (Å²) in [7, 11) is 2.01. The van der Waals surface area contributed by atoms with Crippen molar-refractivity contribution in [3.63, 3.8) is 0 Å². The minimum atomic E-state index is 0.00551. The second-order valence-electron chi connectivity index (χ2n) is 5.41. The van der Waals surface area contributed by atoms with Crippen molar-refractivity contribution < 1.29 is 4.79 Å². The molecule has 0 aliphatic carbocycles. The summed E-state index contributed by atoms with van der Waals surface area (Å²) in [5.41, 5.74) is 1.76. The lowest BCUT2D eigenvalue weighted by Gasteiger charge is -2.31. The van der Waals surface area contributed by atoms with E-state index in [0.717, 1.165) is 37.2 Å². The number of benzene rings is 1. The Morgan fingerprint density at radius 2 is 2.15 bits per heavy atom. The lowest BCUT2D eigenvalue weighted by atomic mass is 10.1. The number of anilines is 1. The zero-order valence-electron chi connectivity index (χ0n) is 12.1. The molecule has 1 heterocycles. The van der Waals surface area contributed by atoms with Gasteiger partial charge >= 0.3 is 0 Å². The van der Waals surface area contributed by atoms with Crippen LogP contribution in [0.4, 0.5) is 5.69 Å². The molecule has 5 heteroatoms. The van der Waals surface area contributed by atoms with Crippen LogP contribution in [0, 0.1) is 6.92 Å². The first-order valence-electron chi connectivity index (χ1n) is 7.03. The molecule has 2 rings (SSSR count). The largest absolute Gasteiger partial charge is 0.325 e. The van der Waals surface area contributed by atoms with Crippen LogP contribution in [0.15, 0.2) is 18.2 Å². The summed E-state index contributed by atoms with van der Waals surface area (Å²) in [6.45, 7) is 4.42. The summed E-state index contributed by atoms with van der Waals surface area (Å²) in [5, 5.41) is 6.91. The number of piperidine rings is 1. The van der Waals surface area contributed by atoms with Gasteiger partial charge in [0.25, 0.3) is 0 Å². The summed E-state index contributed by atoms with van der Waals surface area (Å²) in [6.07, 6.45) is 2.19. The van der Waals surface area contributed by atoms with Gasteiger partial charge in [-0.05, 0) is 57.6 Å². The first-order valence-corrected chi connectivity index (χ1v) is 7.41. The van der Waals surface area contributed by atoms with Crippen molar-refractivity contribution in [2.45, 2.75) is 25.8 Å². The number of carbonyl (C=O) groups is 1. The third kappa shape index (κ3) is 4.20. The van der Waals surface area contributed by atoms with E-state index in [1.54, 1.807) is 6.07 Å². The molecule has 20 heavy (non-hydrogen) atoms. The first kappa shape index (κ1) is 15.3. The molecule has 0 unspecified atom stereocenters. The van der Waals surface area contributed by atoms with Crippen LogP contribution in [-0.2, 0) is 4.79 Å². The molecule has 0 saturated carbocycles. The van der Waals surface area contributed by atoms with E-state index in [1.165, 1.54) is 0 Å². The standard InChI is InChI=1S/C15H22ClN3O/c1-11-3-4-12(9-14(11)16)18-15(20)10-19(2)13-5-7-17-8-6-13/h3-4,9,13,17H,5-8,10H2,1-2H3,(H,18,20). The Hall–Kier alpha value is -1.10. The third-order valence-corrected chi connectivity index (χ3v) is 4.19. The highest BCUT2D eigenvalue weighted by molar-refractivity contribution is 6.31. The topological polar surface area (TPSA) is 44.4 Å². The zero-order valence-corrected chi connectivity index (χ0v) is 12.8. The van der Waals surface area contributed by atoms with Crippen molar-refractivity contribution in [2.75, 3.05) is 32.0 Å². The highest BCUT2D eigenvalue weighted by Gasteiger charge is 2.19. The van der Waals surface area contributed by atoms with Crippen LogP contribution in [0.2, 0.25) is 5.02 Å². The molecular formula is C15H22ClN3O. The van der Waals surface area contributed by atoms with Crippen molar-refractivity contribution in [1.82, 2.24) is 10.2 Å². The maximum atomic E-state index is 12.1. The maximum Gasteiger partial charge on any atom is 0.238 e. The highest BCUT2D eigenvalue weighted by atomic mass is 35.5. The van der Waals surface area contributed by atoms with Gasteiger partial charge in [-0.3, -0.25) is 9.69 Å². The molecule has 1 aromatic rings. The van der Waals surface area contributed by atoms with Gasteiger partial charge in [0.1, 0.15) is 0 Å². The summed E-state index contributed by atoms with van der Waals surface area (Å²) in [5.74, 6) is 0.00551. The Morgan fingerprint density at radius 3 is 2.80 bits per heavy atom. The Kier molecular flexibility index (Phi) is 5.40. The number of rotatable bonds is 4. The molecule has 0 spiro atoms. The third-order valence-electron chi connectivity index (χ3n) is 3.78. The molecule has 2 N–H and O–H groups in total. The van der Waals surface area contributed by atoms with Crippen LogP contribution in [0.3, 0.4) is 0 Å². The van der Waals surface area contributed by atoms with E-state index in [0.29, 0.717) is 17.6 Å². The zero-order chi connectivity index (χ0) is 14.5. The number of aryl methyl sites for hydroxylation is 1. The van der Waals surface area contributed by atoms with Gasteiger partial charge in [0.2, 0.25) is 5.91 Å². The Balaban J connectivity index is 1.86. The molecule has 1 aliphatic rings. The molecule has 1 aliphatic heterocycles. The average Bonchev–Trinajstić information content (AvgIpc) is 2.44. The Labute approximate surface area is 125 Å². The van der Waals surface area contributed by atoms with Gasteiger partial charge in [0, 0.05) is 16.8 Å². The molecule has 1 saturated heterocycles. The van der Waals surface area contributed by atoms with E-state index >= 15 is 0 Å². The molecule has 110 valence electrons. The average molecular weight is 296 g/mol. The molecule has 1 aromatic carbocycles. The van der Waals surface area contributed by atoms with E-state index in [9.17, 15) is 4.79 Å². The fourth-order valence-corrected chi connectivity index (χ4v) is 2.65. The lowest BCUT2D eigenvalue weighted by molar-refractivity contribution is -0.117. The van der Waals surface area contributed by atoms with Gasteiger partial charge in [0.05, 0.1) is 6.54 Å². The van der Waals surface area contributed by atoms with Crippen molar-refractivity contribution in [3.8, 4) is 0 Å². The van der Waals surface area contributed by atoms with E-state index in [1.807, 2.05) is 26.1 Å². The minimum Gasteiger partial charge on any atom is -0.325 e. The van der Waals surface area contributed by atoms with Crippen molar-refractivity contribution in [3.05, 3.63) is 28.8 Å². The fourth-order valence-electron chi connectivity index (χ4n) is 2.47. The molecule has 0 aromatic heterocycles. The number of nitrogens with one attached hydrogen (secondary N) is 2. The summed E-state index contributed by atoms with van der Waals surface area (Å²) >= 11 is 6.06. The molecule has 0 radical (unpaired) electrons. The second kappa shape index (κ2) is 7.07. The number of nitrogens with zero attached hydrogens (tertiary/aromatic N) is 1. The summed E-state index contributed by atoms with van der Waals surface area (Å²) in [6, 6.07) is 6.07. The highest BCUT2D eigenvalue weighted by Crippen LogP contribution is 2.20. The van der Waals surface area contributed by atoms with Gasteiger partial charge in [-0.2, -0.15) is 0 Å². The Bertz CT molecular complexity index is 472. The molecule has 1 fully saturated rings. The molecule has 0 bridgehead atoms. The molecule has 4 nitrogen and oxygen atoms in total. The number of halogens is 1. The monoisotopic (exact) mass is 295 g/mol. The Morgan fingerprint density at radius 1 is 1.45 bits per heavy atom. The molecular weight excluding hydrogens is 274 g/mol. The van der Waals surface area contributed by atoms with E-state index in [-0.39, 0.29) is 5.91 Å². The fraction of sp³-hybridized carbons (Fsp3) is 0.533. The van der Waals surface area contributed by atoms with E-state index < -0.39 is 0 Å². The number of likely N-dealkylation sites (N-methyl/N-ethyl adjacent to an activating group) is 1. The second-order valence-corrected chi connectivity index (χ2v) is 5.82. The van der Waals surface area contributed by atoms with Gasteiger partial charge in [-0.25, -0.2) is 0 Å². The number of amides is 1. The van der Waals surface area contributed by atoms with Gasteiger partial charge in [0.15, 0.2) is 0 Å². The lowest BCUT2D eigenvalue weighted by Crippen LogP contribution is -2.44. The van der Waals surface area contributed by atoms with Crippen LogP contribution >= 0.6 is 11.6 Å². The van der Waals surface area contributed by atoms with Crippen molar-refractivity contribution >= 4 is 23.2 Å². The van der Waals surface area contributed by atoms with Gasteiger partial charge in [-0.15, -0.1) is 0 Å². The number of hydrogen-bond donors (Lipinski definition) is 2. The van der Waals surface area contributed by atoms with Crippen LogP contribution in [-0.4, -0.2) is 43.5 Å². The van der Waals surface area contributed by atoms with Crippen LogP contribution in [0.25, 0.3) is 0 Å². The predicted molar refractivity (Wildman–Crippen MR) is 83.3 cm³/mol. The predicted octanol–water partition coefficient (Wildman–Crippen LogP) is 2.27. The molecule has 0 atom stereocenters. The van der Waals surface area contributed by atoms with Crippen LogP contribution < -0.4 is 10.6 Å². The molecule has 1 amide bonds. The minimum absolute atomic E-state index is 0.00551. The summed E-state index contributed by atoms with van der Waals surface area (Å²) < 4.78 is 0. The van der Waals surface area contributed by atoms with Gasteiger partial charge in [-0.1, -0.05) is 17.7 Å². The van der Waals surface area contributed by atoms with Crippen LogP contribution in [0.5, 0.6) is 0 Å². The van der Waals surface area contributed by atoms with Crippen LogP contribution in [0.1, 0.15) is 18.4 Å². The van der Waals surface area contributed by atoms with Crippen molar-refractivity contribution in [1.29, 1.82) is 0 Å². The normalized spacial score (nSPS) is 16.4. The van der Waals surface area contributed by atoms with E-state index in [2.05, 4.69) is 15.5 Å². The maximum absolute atomic E-state index is 12.1. The van der Waals surface area contributed by atoms with Crippen molar-refractivity contribution in [2.24, 2.45) is 0 Å². The first-order chi connectivity index (χ1) is 9.56. The van der Waals surface area contributed by atoms with Gasteiger partial charge < -0.3 is 10.6 Å². The number of hydrogen-bond acceptors (Lipinski definition) is 3. The van der Waals surface area contributed by atoms with E-state index in [4.69, 9.17) is 11.6 Å².